The van der Waals surface area contributed by atoms with Crippen molar-refractivity contribution in [2.75, 3.05) is 5.73 Å². The van der Waals surface area contributed by atoms with Gasteiger partial charge in [-0.25, -0.2) is 0 Å². The van der Waals surface area contributed by atoms with E-state index in [2.05, 4.69) is 6.92 Å². The Morgan fingerprint density at radius 2 is 1.75 bits per heavy atom. The van der Waals surface area contributed by atoms with E-state index < -0.39 is 28.0 Å². The van der Waals surface area contributed by atoms with Crippen molar-refractivity contribution in [2.24, 2.45) is 5.73 Å². The maximum Gasteiger partial charge on any atom is 0.418 e. The molecule has 0 saturated heterocycles. The van der Waals surface area contributed by atoms with Crippen molar-refractivity contribution in [3.8, 4) is 0 Å². The molecule has 0 unspecified atom stereocenters. The second kappa shape index (κ2) is 6.56. The molecule has 4 N–H and O–H groups in total. The van der Waals surface area contributed by atoms with Crippen LogP contribution in [-0.2, 0) is 6.18 Å². The molecule has 0 aliphatic rings. The van der Waals surface area contributed by atoms with Gasteiger partial charge in [0, 0.05) is 23.4 Å². The number of hydrogen-bond acceptors (Lipinski definition) is 4. The second-order valence-corrected chi connectivity index (χ2v) is 4.87. The Balaban J connectivity index is 0.000000511. The quantitative estimate of drug-likeness (QED) is 0.496. The van der Waals surface area contributed by atoms with Crippen LogP contribution in [0.2, 0.25) is 0 Å². The normalized spacial score (nSPS) is 11.6. The Kier molecular flexibility index (Phi) is 5.96. The summed E-state index contributed by atoms with van der Waals surface area (Å²) in [5, 5.41) is 10.2. The molecular formula is C12H18F3N3O2. The fourth-order valence-electron chi connectivity index (χ4n) is 0.903. The lowest BCUT2D eigenvalue weighted by molar-refractivity contribution is -0.385. The smallest absolute Gasteiger partial charge is 0.398 e. The molecule has 0 atom stereocenters. The number of rotatable bonds is 2. The first kappa shape index (κ1) is 18.2. The summed E-state index contributed by atoms with van der Waals surface area (Å²) in [6, 6.07) is 2.20. The summed E-state index contributed by atoms with van der Waals surface area (Å²) in [4.78, 5) is 9.28. The number of nitrogens with two attached hydrogens (primary N) is 2. The van der Waals surface area contributed by atoms with Gasteiger partial charge in [0.25, 0.3) is 5.69 Å². The highest BCUT2D eigenvalue weighted by molar-refractivity contribution is 5.53. The highest BCUT2D eigenvalue weighted by Gasteiger charge is 2.34. The highest BCUT2D eigenvalue weighted by atomic mass is 19.4. The van der Waals surface area contributed by atoms with Crippen molar-refractivity contribution in [3.63, 3.8) is 0 Å². The van der Waals surface area contributed by atoms with E-state index in [0.29, 0.717) is 6.07 Å². The van der Waals surface area contributed by atoms with Gasteiger partial charge in [-0.1, -0.05) is 6.92 Å². The minimum absolute atomic E-state index is 0.0417. The first-order chi connectivity index (χ1) is 8.88. The van der Waals surface area contributed by atoms with E-state index in [9.17, 15) is 23.3 Å². The van der Waals surface area contributed by atoms with Crippen LogP contribution in [-0.4, -0.2) is 10.5 Å². The Hall–Kier alpha value is -1.83. The van der Waals surface area contributed by atoms with Gasteiger partial charge in [0.15, 0.2) is 0 Å². The molecular weight excluding hydrogens is 275 g/mol. The van der Waals surface area contributed by atoms with Crippen LogP contribution in [0.15, 0.2) is 18.2 Å². The van der Waals surface area contributed by atoms with Crippen LogP contribution in [0.3, 0.4) is 0 Å². The van der Waals surface area contributed by atoms with Gasteiger partial charge in [0.05, 0.1) is 10.5 Å². The molecule has 5 nitrogen and oxygen atoms in total. The van der Waals surface area contributed by atoms with Crippen molar-refractivity contribution >= 4 is 11.4 Å². The molecule has 0 aliphatic heterocycles. The number of nitrogen functional groups attached to an aromatic ring is 1. The van der Waals surface area contributed by atoms with Crippen molar-refractivity contribution in [1.82, 2.24) is 0 Å². The number of hydrogen-bond donors (Lipinski definition) is 2. The summed E-state index contributed by atoms with van der Waals surface area (Å²) < 4.78 is 36.6. The van der Waals surface area contributed by atoms with Crippen LogP contribution in [0.25, 0.3) is 0 Å². The Labute approximate surface area is 114 Å². The SMILES string of the molecule is CCC(C)(C)N.Nc1ccc([N+](=O)[O-])cc1C(F)(F)F. The van der Waals surface area contributed by atoms with E-state index in [-0.39, 0.29) is 5.54 Å². The third-order valence-electron chi connectivity index (χ3n) is 2.46. The molecule has 8 heteroatoms. The lowest BCUT2D eigenvalue weighted by Crippen LogP contribution is -2.30. The number of anilines is 1. The van der Waals surface area contributed by atoms with Crippen molar-refractivity contribution in [1.29, 1.82) is 0 Å². The fraction of sp³-hybridized carbons (Fsp3) is 0.500. The van der Waals surface area contributed by atoms with Gasteiger partial charge in [-0.3, -0.25) is 10.1 Å². The standard InChI is InChI=1S/C7H5F3N2O2.C5H13N/c8-7(9,10)5-3-4(12(13)14)1-2-6(5)11;1-4-5(2,3)6/h1-3H,11H2;4,6H2,1-3H3. The summed E-state index contributed by atoms with van der Waals surface area (Å²) in [5.74, 6) is 0. The van der Waals surface area contributed by atoms with Crippen LogP contribution in [0.4, 0.5) is 24.5 Å². The molecule has 0 heterocycles. The summed E-state index contributed by atoms with van der Waals surface area (Å²) in [6.07, 6.45) is -3.62. The van der Waals surface area contributed by atoms with E-state index in [0.717, 1.165) is 18.6 Å². The minimum atomic E-state index is -4.67. The number of nitro groups is 1. The predicted molar refractivity (Wildman–Crippen MR) is 71.1 cm³/mol. The summed E-state index contributed by atoms with van der Waals surface area (Å²) >= 11 is 0. The topological polar surface area (TPSA) is 95.2 Å². The number of non-ortho nitro benzene ring substituents is 1. The summed E-state index contributed by atoms with van der Waals surface area (Å²) in [5.41, 5.74) is 8.26. The summed E-state index contributed by atoms with van der Waals surface area (Å²) in [7, 11) is 0. The fourth-order valence-corrected chi connectivity index (χ4v) is 0.903. The average molecular weight is 293 g/mol. The molecule has 20 heavy (non-hydrogen) atoms. The molecule has 0 radical (unpaired) electrons. The first-order valence-corrected chi connectivity index (χ1v) is 5.78. The lowest BCUT2D eigenvalue weighted by Gasteiger charge is -2.13. The van der Waals surface area contributed by atoms with Gasteiger partial charge >= 0.3 is 6.18 Å². The van der Waals surface area contributed by atoms with E-state index in [1.807, 2.05) is 13.8 Å². The molecule has 1 aromatic rings. The zero-order valence-electron chi connectivity index (χ0n) is 11.5. The number of halogens is 3. The zero-order valence-corrected chi connectivity index (χ0v) is 11.5. The third kappa shape index (κ3) is 6.37. The van der Waals surface area contributed by atoms with Gasteiger partial charge in [0.1, 0.15) is 0 Å². The van der Waals surface area contributed by atoms with Crippen LogP contribution < -0.4 is 11.5 Å². The van der Waals surface area contributed by atoms with Gasteiger partial charge in [0.2, 0.25) is 0 Å². The van der Waals surface area contributed by atoms with E-state index in [4.69, 9.17) is 11.5 Å². The number of alkyl halides is 3. The van der Waals surface area contributed by atoms with Crippen LogP contribution in [0, 0.1) is 10.1 Å². The first-order valence-electron chi connectivity index (χ1n) is 5.78. The molecule has 0 aromatic heterocycles. The van der Waals surface area contributed by atoms with Crippen LogP contribution in [0.5, 0.6) is 0 Å². The van der Waals surface area contributed by atoms with Crippen LogP contribution >= 0.6 is 0 Å². The van der Waals surface area contributed by atoms with Gasteiger partial charge in [-0.05, 0) is 26.3 Å². The molecule has 1 rings (SSSR count). The van der Waals surface area contributed by atoms with Gasteiger partial charge < -0.3 is 11.5 Å². The Bertz CT molecular complexity index is 468. The highest BCUT2D eigenvalue weighted by Crippen LogP contribution is 2.35. The Morgan fingerprint density at radius 3 is 2.05 bits per heavy atom. The zero-order chi connectivity index (χ0) is 16.1. The van der Waals surface area contributed by atoms with E-state index >= 15 is 0 Å². The molecule has 0 saturated carbocycles. The maximum atomic E-state index is 12.2. The van der Waals surface area contributed by atoms with E-state index in [1.165, 1.54) is 0 Å². The van der Waals surface area contributed by atoms with Crippen molar-refractivity contribution in [3.05, 3.63) is 33.9 Å². The molecule has 0 spiro atoms. The Morgan fingerprint density at radius 1 is 1.30 bits per heavy atom. The molecule has 0 amide bonds. The largest absolute Gasteiger partial charge is 0.418 e. The van der Waals surface area contributed by atoms with Gasteiger partial charge in [-0.15, -0.1) is 0 Å². The van der Waals surface area contributed by atoms with Gasteiger partial charge in [-0.2, -0.15) is 13.2 Å². The second-order valence-electron chi connectivity index (χ2n) is 4.87. The molecule has 0 fully saturated rings. The van der Waals surface area contributed by atoms with Crippen LogP contribution in [0.1, 0.15) is 32.8 Å². The molecule has 1 aromatic carbocycles. The minimum Gasteiger partial charge on any atom is -0.398 e. The number of nitro benzene ring substituents is 1. The lowest BCUT2D eigenvalue weighted by atomic mass is 10.1. The summed E-state index contributed by atoms with van der Waals surface area (Å²) in [6.45, 7) is 6.12. The van der Waals surface area contributed by atoms with Crippen molar-refractivity contribution < 1.29 is 18.1 Å². The number of nitrogens with zero attached hydrogens (tertiary/aromatic N) is 1. The average Bonchev–Trinajstić information content (AvgIpc) is 2.27. The predicted octanol–water partition coefficient (Wildman–Crippen LogP) is 3.33. The maximum absolute atomic E-state index is 12.2. The van der Waals surface area contributed by atoms with E-state index in [1.54, 1.807) is 0 Å². The third-order valence-corrected chi connectivity index (χ3v) is 2.46. The molecule has 114 valence electrons. The van der Waals surface area contributed by atoms with Crippen molar-refractivity contribution in [2.45, 2.75) is 38.9 Å². The number of benzene rings is 1. The molecule has 0 aliphatic carbocycles. The monoisotopic (exact) mass is 293 g/mol. The molecule has 0 bridgehead atoms.